The summed E-state index contributed by atoms with van der Waals surface area (Å²) in [6.07, 6.45) is 2.10. The molecule has 0 saturated heterocycles. The average Bonchev–Trinajstić information content (AvgIpc) is 2.48. The molecule has 0 bridgehead atoms. The van der Waals surface area contributed by atoms with Crippen molar-refractivity contribution in [3.05, 3.63) is 29.8 Å². The van der Waals surface area contributed by atoms with E-state index >= 15 is 0 Å². The number of unbranched alkanes of at least 4 members (excludes halogenated alkanes) is 1. The highest BCUT2D eigenvalue weighted by Gasteiger charge is 2.05. The summed E-state index contributed by atoms with van der Waals surface area (Å²) >= 11 is 0. The lowest BCUT2D eigenvalue weighted by atomic mass is 10.2. The highest BCUT2D eigenvalue weighted by molar-refractivity contribution is 5.77. The van der Waals surface area contributed by atoms with Crippen molar-refractivity contribution in [3.63, 3.8) is 0 Å². The van der Waals surface area contributed by atoms with Crippen LogP contribution in [-0.4, -0.2) is 31.8 Å². The van der Waals surface area contributed by atoms with E-state index in [0.29, 0.717) is 18.8 Å². The van der Waals surface area contributed by atoms with Gasteiger partial charge in [-0.3, -0.25) is 4.79 Å². The summed E-state index contributed by atoms with van der Waals surface area (Å²) < 4.78 is 10.9. The zero-order chi connectivity index (χ0) is 15.5. The third-order valence-electron chi connectivity index (χ3n) is 2.90. The van der Waals surface area contributed by atoms with E-state index in [-0.39, 0.29) is 18.6 Å². The third kappa shape index (κ3) is 7.68. The molecule has 1 aromatic carbocycles. The van der Waals surface area contributed by atoms with Gasteiger partial charge >= 0.3 is 0 Å². The van der Waals surface area contributed by atoms with Crippen LogP contribution < -0.4 is 15.8 Å². The molecular weight excluding hydrogens is 268 g/mol. The number of para-hydroxylation sites is 1. The van der Waals surface area contributed by atoms with Crippen LogP contribution in [0.1, 0.15) is 32.3 Å². The van der Waals surface area contributed by atoms with Crippen molar-refractivity contribution in [1.29, 1.82) is 0 Å². The number of carbonyl (C=O) groups is 1. The van der Waals surface area contributed by atoms with Gasteiger partial charge in [0.1, 0.15) is 5.75 Å². The number of benzene rings is 1. The number of hydrogen-bond acceptors (Lipinski definition) is 4. The predicted octanol–water partition coefficient (Wildman–Crippen LogP) is 1.85. The number of ether oxygens (including phenoxy) is 2. The Morgan fingerprint density at radius 3 is 2.76 bits per heavy atom. The molecule has 0 spiro atoms. The first kappa shape index (κ1) is 17.5. The zero-order valence-electron chi connectivity index (χ0n) is 12.9. The molecule has 0 aliphatic heterocycles. The molecule has 0 radical (unpaired) electrons. The molecular formula is C16H26N2O3. The Hall–Kier alpha value is -1.59. The van der Waals surface area contributed by atoms with Gasteiger partial charge in [0.25, 0.3) is 5.91 Å². The number of rotatable bonds is 10. The van der Waals surface area contributed by atoms with E-state index in [2.05, 4.69) is 5.32 Å². The second-order valence-corrected chi connectivity index (χ2v) is 5.08. The first-order chi connectivity index (χ1) is 10.1. The van der Waals surface area contributed by atoms with E-state index in [1.54, 1.807) is 0 Å². The molecule has 5 nitrogen and oxygen atoms in total. The minimum Gasteiger partial charge on any atom is -0.483 e. The molecule has 3 N–H and O–H groups in total. The lowest BCUT2D eigenvalue weighted by molar-refractivity contribution is -0.123. The highest BCUT2D eigenvalue weighted by Crippen LogP contribution is 2.16. The smallest absolute Gasteiger partial charge is 0.257 e. The predicted molar refractivity (Wildman–Crippen MR) is 83.2 cm³/mol. The second kappa shape index (κ2) is 10.2. The van der Waals surface area contributed by atoms with E-state index in [9.17, 15) is 4.79 Å². The standard InChI is InChI=1S/C16H26N2O3/c1-13(2)20-10-6-5-9-18-16(19)12-21-15-8-4-3-7-14(15)11-17/h3-4,7-8,13H,5-6,9-12,17H2,1-2H3,(H,18,19). The van der Waals surface area contributed by atoms with Crippen molar-refractivity contribution in [2.24, 2.45) is 5.73 Å². The molecule has 0 heterocycles. The van der Waals surface area contributed by atoms with Crippen LogP contribution in [0.5, 0.6) is 5.75 Å². The fourth-order valence-corrected chi connectivity index (χ4v) is 1.78. The van der Waals surface area contributed by atoms with Crippen LogP contribution in [0.4, 0.5) is 0 Å². The van der Waals surface area contributed by atoms with Crippen LogP contribution in [0.15, 0.2) is 24.3 Å². The van der Waals surface area contributed by atoms with E-state index in [1.807, 2.05) is 38.1 Å². The minimum absolute atomic E-state index is 0.0134. The third-order valence-corrected chi connectivity index (χ3v) is 2.90. The van der Waals surface area contributed by atoms with Crippen LogP contribution in [0.3, 0.4) is 0 Å². The first-order valence-corrected chi connectivity index (χ1v) is 7.42. The molecule has 0 aromatic heterocycles. The lowest BCUT2D eigenvalue weighted by Gasteiger charge is -2.10. The van der Waals surface area contributed by atoms with Crippen molar-refractivity contribution >= 4 is 5.91 Å². The summed E-state index contributed by atoms with van der Waals surface area (Å²) in [6.45, 7) is 5.81. The Balaban J connectivity index is 2.14. The zero-order valence-corrected chi connectivity index (χ0v) is 12.9. The molecule has 0 aliphatic carbocycles. The number of nitrogens with two attached hydrogens (primary N) is 1. The molecule has 1 amide bonds. The van der Waals surface area contributed by atoms with E-state index in [1.165, 1.54) is 0 Å². The fraction of sp³-hybridized carbons (Fsp3) is 0.562. The summed E-state index contributed by atoms with van der Waals surface area (Å²) in [6, 6.07) is 7.47. The van der Waals surface area contributed by atoms with Crippen molar-refractivity contribution in [3.8, 4) is 5.75 Å². The Morgan fingerprint density at radius 1 is 1.29 bits per heavy atom. The van der Waals surface area contributed by atoms with Gasteiger partial charge in [-0.1, -0.05) is 18.2 Å². The van der Waals surface area contributed by atoms with Crippen LogP contribution in [0.25, 0.3) is 0 Å². The van der Waals surface area contributed by atoms with Crippen molar-refractivity contribution < 1.29 is 14.3 Å². The summed E-state index contributed by atoms with van der Waals surface area (Å²) in [4.78, 5) is 11.7. The topological polar surface area (TPSA) is 73.6 Å². The van der Waals surface area contributed by atoms with Gasteiger partial charge in [-0.25, -0.2) is 0 Å². The quantitative estimate of drug-likeness (QED) is 0.646. The van der Waals surface area contributed by atoms with E-state index in [0.717, 1.165) is 25.0 Å². The Labute approximate surface area is 126 Å². The second-order valence-electron chi connectivity index (χ2n) is 5.08. The Morgan fingerprint density at radius 2 is 2.05 bits per heavy atom. The Kier molecular flexibility index (Phi) is 8.47. The van der Waals surface area contributed by atoms with Gasteiger partial charge in [-0.2, -0.15) is 0 Å². The fourth-order valence-electron chi connectivity index (χ4n) is 1.78. The molecule has 0 fully saturated rings. The normalized spacial score (nSPS) is 10.7. The molecule has 0 saturated carbocycles. The maximum Gasteiger partial charge on any atom is 0.257 e. The maximum absolute atomic E-state index is 11.7. The van der Waals surface area contributed by atoms with Crippen molar-refractivity contribution in [2.45, 2.75) is 39.3 Å². The van der Waals surface area contributed by atoms with E-state index in [4.69, 9.17) is 15.2 Å². The molecule has 0 unspecified atom stereocenters. The molecule has 5 heteroatoms. The summed E-state index contributed by atoms with van der Waals surface area (Å²) in [5.74, 6) is 0.548. The first-order valence-electron chi connectivity index (χ1n) is 7.42. The highest BCUT2D eigenvalue weighted by atomic mass is 16.5. The summed E-state index contributed by atoms with van der Waals surface area (Å²) in [7, 11) is 0. The number of carbonyl (C=O) groups excluding carboxylic acids is 1. The molecule has 118 valence electrons. The van der Waals surface area contributed by atoms with Crippen molar-refractivity contribution in [1.82, 2.24) is 5.32 Å². The molecule has 21 heavy (non-hydrogen) atoms. The minimum atomic E-state index is -0.119. The largest absolute Gasteiger partial charge is 0.483 e. The van der Waals surface area contributed by atoms with Gasteiger partial charge in [0.15, 0.2) is 6.61 Å². The van der Waals surface area contributed by atoms with E-state index < -0.39 is 0 Å². The monoisotopic (exact) mass is 294 g/mol. The lowest BCUT2D eigenvalue weighted by Crippen LogP contribution is -2.30. The number of hydrogen-bond donors (Lipinski definition) is 2. The molecule has 0 aliphatic rings. The van der Waals surface area contributed by atoms with Crippen LogP contribution in [-0.2, 0) is 16.1 Å². The van der Waals surface area contributed by atoms with Crippen LogP contribution in [0.2, 0.25) is 0 Å². The van der Waals surface area contributed by atoms with Gasteiger partial charge in [-0.15, -0.1) is 0 Å². The maximum atomic E-state index is 11.7. The van der Waals surface area contributed by atoms with Crippen molar-refractivity contribution in [2.75, 3.05) is 19.8 Å². The molecule has 1 rings (SSSR count). The van der Waals surface area contributed by atoms with Gasteiger partial charge in [0.05, 0.1) is 6.10 Å². The van der Waals surface area contributed by atoms with Crippen LogP contribution >= 0.6 is 0 Å². The summed E-state index contributed by atoms with van der Waals surface area (Å²) in [5.41, 5.74) is 6.51. The van der Waals surface area contributed by atoms with Gasteiger partial charge in [-0.05, 0) is 32.8 Å². The summed E-state index contributed by atoms with van der Waals surface area (Å²) in [5, 5.41) is 2.83. The number of amides is 1. The average molecular weight is 294 g/mol. The van der Waals surface area contributed by atoms with Gasteiger partial charge < -0.3 is 20.5 Å². The van der Waals surface area contributed by atoms with Gasteiger partial charge in [0, 0.05) is 25.3 Å². The molecule has 0 atom stereocenters. The SMILES string of the molecule is CC(C)OCCCCNC(=O)COc1ccccc1CN. The number of nitrogens with one attached hydrogen (secondary N) is 1. The van der Waals surface area contributed by atoms with Gasteiger partial charge in [0.2, 0.25) is 0 Å². The van der Waals surface area contributed by atoms with Crippen LogP contribution in [0, 0.1) is 0 Å². The molecule has 1 aromatic rings. The Bertz CT molecular complexity index is 422.